The first kappa shape index (κ1) is 32.0. The molecule has 2 aromatic rings. The van der Waals surface area contributed by atoms with Gasteiger partial charge >= 0.3 is 13.6 Å². The summed E-state index contributed by atoms with van der Waals surface area (Å²) in [4.78, 5) is 46.7. The highest BCUT2D eigenvalue weighted by Crippen LogP contribution is 2.51. The molecule has 11 heteroatoms. The summed E-state index contributed by atoms with van der Waals surface area (Å²) in [6.45, 7) is 17.6. The zero-order chi connectivity index (χ0) is 31.4. The molecule has 1 saturated carbocycles. The zero-order valence-electron chi connectivity index (χ0n) is 26.6. The molecule has 2 fully saturated rings. The molecular formula is C31H46BN4O6. The van der Waals surface area contributed by atoms with Crippen LogP contribution in [0.2, 0.25) is 0 Å². The third kappa shape index (κ3) is 6.37. The molecule has 10 nitrogen and oxygen atoms in total. The fourth-order valence-electron chi connectivity index (χ4n) is 5.77. The number of imidazole rings is 1. The van der Waals surface area contributed by atoms with E-state index in [4.69, 9.17) is 14.4 Å². The van der Waals surface area contributed by atoms with Crippen LogP contribution in [-0.2, 0) is 19.0 Å². The Morgan fingerprint density at radius 3 is 2.33 bits per heavy atom. The van der Waals surface area contributed by atoms with Crippen LogP contribution in [0, 0.1) is 11.8 Å². The molecule has 229 valence electrons. The molecule has 2 aliphatic rings. The van der Waals surface area contributed by atoms with Crippen LogP contribution in [0.1, 0.15) is 100 Å². The van der Waals surface area contributed by atoms with Gasteiger partial charge in [0, 0.05) is 13.0 Å². The number of aromatic nitrogens is 2. The van der Waals surface area contributed by atoms with E-state index >= 15 is 0 Å². The first-order valence-corrected chi connectivity index (χ1v) is 14.9. The second-order valence-corrected chi connectivity index (χ2v) is 14.2. The highest BCUT2D eigenvalue weighted by Gasteiger charge is 2.52. The van der Waals surface area contributed by atoms with E-state index in [1.807, 2.05) is 57.7 Å². The maximum atomic E-state index is 14.1. The number of likely N-dealkylation sites (tertiary alicyclic amines) is 1. The average Bonchev–Trinajstić information content (AvgIpc) is 3.56. The number of benzene rings is 1. The average molecular weight is 582 g/mol. The van der Waals surface area contributed by atoms with E-state index in [1.165, 1.54) is 11.5 Å². The number of nitrogens with zero attached hydrogens (tertiary/aromatic N) is 3. The maximum Gasteiger partial charge on any atom is 0.420 e. The van der Waals surface area contributed by atoms with Crippen molar-refractivity contribution in [2.45, 2.75) is 123 Å². The molecule has 1 aromatic heterocycles. The Kier molecular flexibility index (Phi) is 8.61. The summed E-state index contributed by atoms with van der Waals surface area (Å²) in [5.74, 6) is 0.0559. The molecule has 2 heterocycles. The topological polar surface area (TPSA) is 123 Å². The molecular weight excluding hydrogens is 535 g/mol. The number of carbonyl (C=O) groups is 3. The van der Waals surface area contributed by atoms with Crippen molar-refractivity contribution in [1.29, 1.82) is 0 Å². The molecule has 2 amide bonds. The van der Waals surface area contributed by atoms with Crippen LogP contribution in [0.15, 0.2) is 18.2 Å². The quantitative estimate of drug-likeness (QED) is 0.454. The first-order valence-electron chi connectivity index (χ1n) is 14.9. The van der Waals surface area contributed by atoms with Crippen LogP contribution in [0.3, 0.4) is 0 Å². The number of hydrogen-bond donors (Lipinski definition) is 2. The Balaban J connectivity index is 1.80. The van der Waals surface area contributed by atoms with Crippen LogP contribution in [-0.4, -0.2) is 73.8 Å². The first-order chi connectivity index (χ1) is 19.3. The second kappa shape index (κ2) is 11.3. The van der Waals surface area contributed by atoms with Crippen molar-refractivity contribution in [3.05, 3.63) is 24.0 Å². The molecule has 2 bridgehead atoms. The van der Waals surface area contributed by atoms with Crippen molar-refractivity contribution in [3.8, 4) is 0 Å². The van der Waals surface area contributed by atoms with Gasteiger partial charge in [-0.25, -0.2) is 14.3 Å². The minimum Gasteiger partial charge on any atom is -0.443 e. The Morgan fingerprint density at radius 2 is 1.76 bits per heavy atom. The fraction of sp³-hybridized carbons (Fsp3) is 0.677. The number of rotatable bonds is 8. The van der Waals surface area contributed by atoms with Crippen LogP contribution >= 0.6 is 0 Å². The van der Waals surface area contributed by atoms with Crippen molar-refractivity contribution in [1.82, 2.24) is 19.8 Å². The molecule has 2 N–H and O–H groups in total. The molecule has 42 heavy (non-hydrogen) atoms. The van der Waals surface area contributed by atoms with Crippen molar-refractivity contribution in [2.24, 2.45) is 11.8 Å². The van der Waals surface area contributed by atoms with Gasteiger partial charge in [-0.2, -0.15) is 0 Å². The molecule has 4 rings (SSSR count). The van der Waals surface area contributed by atoms with Crippen molar-refractivity contribution in [2.75, 3.05) is 0 Å². The standard InChI is InChI=1S/C31H46BN4O6/c1-17(2)24(33-18(3)37)27(38)35-21-13-11-19(15-21)25(35)26-34-22-14-12-20(32-42-31(9,10)30(7,8)40)16-23(22)36(26)28(39)41-29(4,5)6/h12,14,16-17,19,21,24-25,40H,11,13,15H2,1-10H3,(H,33,37). The highest BCUT2D eigenvalue weighted by molar-refractivity contribution is 6.47. The number of nitrogens with one attached hydrogen (secondary N) is 1. The van der Waals surface area contributed by atoms with E-state index in [1.54, 1.807) is 35.2 Å². The summed E-state index contributed by atoms with van der Waals surface area (Å²) in [5.41, 5.74) is -0.914. The van der Waals surface area contributed by atoms with E-state index in [0.29, 0.717) is 22.3 Å². The van der Waals surface area contributed by atoms with Crippen LogP contribution < -0.4 is 10.8 Å². The smallest absolute Gasteiger partial charge is 0.420 e. The molecule has 1 aliphatic heterocycles. The van der Waals surface area contributed by atoms with Gasteiger partial charge in [-0.15, -0.1) is 0 Å². The van der Waals surface area contributed by atoms with Gasteiger partial charge in [0.05, 0.1) is 28.3 Å². The summed E-state index contributed by atoms with van der Waals surface area (Å²) in [5, 5.41) is 13.4. The number of piperidine rings is 1. The highest BCUT2D eigenvalue weighted by atomic mass is 16.6. The minimum atomic E-state index is -1.10. The van der Waals surface area contributed by atoms with Gasteiger partial charge in [-0.05, 0) is 91.7 Å². The van der Waals surface area contributed by atoms with E-state index in [-0.39, 0.29) is 29.7 Å². The molecule has 4 atom stereocenters. The largest absolute Gasteiger partial charge is 0.443 e. The van der Waals surface area contributed by atoms with Gasteiger partial charge in [0.1, 0.15) is 17.5 Å². The summed E-state index contributed by atoms with van der Waals surface area (Å²) in [7, 11) is 1.57. The molecule has 0 spiro atoms. The van der Waals surface area contributed by atoms with Gasteiger partial charge < -0.3 is 24.7 Å². The van der Waals surface area contributed by atoms with Crippen molar-refractivity contribution >= 4 is 41.9 Å². The normalized spacial score (nSPS) is 21.6. The summed E-state index contributed by atoms with van der Waals surface area (Å²) in [6.07, 6.45) is 2.03. The lowest BCUT2D eigenvalue weighted by atomic mass is 9.82. The molecule has 1 saturated heterocycles. The predicted octanol–water partition coefficient (Wildman–Crippen LogP) is 3.84. The Morgan fingerprint density at radius 1 is 1.10 bits per heavy atom. The third-order valence-electron chi connectivity index (χ3n) is 8.64. The second-order valence-electron chi connectivity index (χ2n) is 14.2. The molecule has 4 unspecified atom stereocenters. The monoisotopic (exact) mass is 581 g/mol. The van der Waals surface area contributed by atoms with Crippen molar-refractivity contribution in [3.63, 3.8) is 0 Å². The Hall–Kier alpha value is -2.92. The van der Waals surface area contributed by atoms with E-state index in [9.17, 15) is 19.5 Å². The van der Waals surface area contributed by atoms with E-state index in [0.717, 1.165) is 19.3 Å². The van der Waals surface area contributed by atoms with Gasteiger partial charge in [-0.3, -0.25) is 9.59 Å². The molecule has 1 radical (unpaired) electrons. The SMILES string of the molecule is CC(=O)NC(C(=O)N1C2CCC(C2)C1c1nc2ccc([B]OC(C)(C)C(C)(C)O)cc2n1C(=O)OC(C)(C)C)C(C)C. The summed E-state index contributed by atoms with van der Waals surface area (Å²) >= 11 is 0. The Labute approximate surface area is 249 Å². The third-order valence-corrected chi connectivity index (χ3v) is 8.64. The lowest BCUT2D eigenvalue weighted by Gasteiger charge is -2.38. The fourth-order valence-corrected chi connectivity index (χ4v) is 5.77. The van der Waals surface area contributed by atoms with Crippen LogP contribution in [0.25, 0.3) is 11.0 Å². The predicted molar refractivity (Wildman–Crippen MR) is 161 cm³/mol. The van der Waals surface area contributed by atoms with Gasteiger partial charge in [0.15, 0.2) is 0 Å². The van der Waals surface area contributed by atoms with Crippen molar-refractivity contribution < 1.29 is 28.9 Å². The number of aliphatic hydroxyl groups is 1. The summed E-state index contributed by atoms with van der Waals surface area (Å²) < 4.78 is 13.3. The Bertz CT molecular complexity index is 1360. The van der Waals surface area contributed by atoms with Gasteiger partial charge in [-0.1, -0.05) is 25.4 Å². The minimum absolute atomic E-state index is 0.00997. The zero-order valence-corrected chi connectivity index (χ0v) is 26.6. The van der Waals surface area contributed by atoms with Crippen LogP contribution in [0.4, 0.5) is 4.79 Å². The van der Waals surface area contributed by atoms with Gasteiger partial charge in [0.2, 0.25) is 11.8 Å². The molecule has 1 aromatic carbocycles. The van der Waals surface area contributed by atoms with E-state index in [2.05, 4.69) is 5.32 Å². The maximum absolute atomic E-state index is 14.1. The van der Waals surface area contributed by atoms with Crippen LogP contribution in [0.5, 0.6) is 0 Å². The van der Waals surface area contributed by atoms with E-state index < -0.39 is 35.0 Å². The number of fused-ring (bicyclic) bond motifs is 3. The number of ether oxygens (including phenoxy) is 1. The summed E-state index contributed by atoms with van der Waals surface area (Å²) in [6, 6.07) is 4.36. The van der Waals surface area contributed by atoms with Gasteiger partial charge in [0.25, 0.3) is 0 Å². The lowest BCUT2D eigenvalue weighted by Crippen LogP contribution is -2.53. The number of carbonyl (C=O) groups excluding carboxylic acids is 3. The number of hydrogen-bond acceptors (Lipinski definition) is 7. The lowest BCUT2D eigenvalue weighted by molar-refractivity contribution is -0.141. The molecule has 1 aliphatic carbocycles. The number of amides is 2.